The van der Waals surface area contributed by atoms with Gasteiger partial charge in [0.05, 0.1) is 30.0 Å². The van der Waals surface area contributed by atoms with Crippen molar-refractivity contribution < 1.29 is 9.59 Å². The molecule has 0 spiro atoms. The minimum atomic E-state index is -0.254. The highest BCUT2D eigenvalue weighted by Crippen LogP contribution is 2.26. The molecule has 0 saturated carbocycles. The summed E-state index contributed by atoms with van der Waals surface area (Å²) in [5, 5.41) is 5.47. The molecule has 4 aromatic rings. The van der Waals surface area contributed by atoms with Gasteiger partial charge < -0.3 is 10.3 Å². The monoisotopic (exact) mass is 469 g/mol. The van der Waals surface area contributed by atoms with E-state index >= 15 is 0 Å². The number of hydrogen-bond donors (Lipinski definition) is 2. The molecule has 0 unspecified atom stereocenters. The van der Waals surface area contributed by atoms with Crippen LogP contribution < -0.4 is 5.32 Å². The summed E-state index contributed by atoms with van der Waals surface area (Å²) in [4.78, 5) is 40.6. The second kappa shape index (κ2) is 12.0. The number of hydrogen-bond acceptors (Lipinski definition) is 5. The lowest BCUT2D eigenvalue weighted by molar-refractivity contribution is -0.121. The first-order valence-electron chi connectivity index (χ1n) is 12.2. The van der Waals surface area contributed by atoms with Crippen LogP contribution >= 0.6 is 0 Å². The van der Waals surface area contributed by atoms with Crippen LogP contribution in [-0.4, -0.2) is 31.6 Å². The standard InChI is InChI=1S/C28H31N5O2/c1-2-24(34)10-4-3-5-11-25(32-27(35)17-23-18-29-14-15-30-23)28-31-19-26(33-28)22-13-12-20-8-6-7-9-21(20)16-22/h6-9,12-16,18-19,25H,2-5,10-11,17H2,1H3,(H,31,33)(H,32,35)/t25-/m0/s1. The molecule has 0 aliphatic rings. The lowest BCUT2D eigenvalue weighted by Gasteiger charge is -2.17. The fourth-order valence-electron chi connectivity index (χ4n) is 4.15. The first-order chi connectivity index (χ1) is 17.1. The smallest absolute Gasteiger partial charge is 0.226 e. The number of nitrogens with zero attached hydrogens (tertiary/aromatic N) is 3. The Kier molecular flexibility index (Phi) is 8.33. The minimum absolute atomic E-state index is 0.125. The average molecular weight is 470 g/mol. The zero-order chi connectivity index (χ0) is 24.5. The van der Waals surface area contributed by atoms with Crippen molar-refractivity contribution in [2.75, 3.05) is 0 Å². The van der Waals surface area contributed by atoms with Crippen molar-refractivity contribution in [3.05, 3.63) is 78.8 Å². The van der Waals surface area contributed by atoms with Crippen LogP contribution in [0.15, 0.2) is 67.3 Å². The Balaban J connectivity index is 1.46. The number of Topliss-reactive ketones (excluding diaryl/α,β-unsaturated/α-hetero) is 1. The Bertz CT molecular complexity index is 1270. The summed E-state index contributed by atoms with van der Waals surface area (Å²) in [6.45, 7) is 1.90. The zero-order valence-corrected chi connectivity index (χ0v) is 20.0. The predicted molar refractivity (Wildman–Crippen MR) is 137 cm³/mol. The van der Waals surface area contributed by atoms with Gasteiger partial charge in [0.1, 0.15) is 11.6 Å². The lowest BCUT2D eigenvalue weighted by Crippen LogP contribution is -2.31. The normalized spacial score (nSPS) is 11.9. The molecule has 1 atom stereocenters. The number of amides is 1. The van der Waals surface area contributed by atoms with Crippen molar-refractivity contribution >= 4 is 22.5 Å². The number of benzene rings is 2. The molecule has 2 aromatic heterocycles. The van der Waals surface area contributed by atoms with Crippen molar-refractivity contribution in [3.8, 4) is 11.3 Å². The van der Waals surface area contributed by atoms with Crippen molar-refractivity contribution in [2.45, 2.75) is 57.9 Å². The fourth-order valence-corrected chi connectivity index (χ4v) is 4.15. The van der Waals surface area contributed by atoms with Crippen LogP contribution in [0.5, 0.6) is 0 Å². The molecule has 35 heavy (non-hydrogen) atoms. The van der Waals surface area contributed by atoms with Gasteiger partial charge in [-0.2, -0.15) is 0 Å². The highest BCUT2D eigenvalue weighted by atomic mass is 16.1. The van der Waals surface area contributed by atoms with Crippen LogP contribution in [0.3, 0.4) is 0 Å². The van der Waals surface area contributed by atoms with E-state index in [9.17, 15) is 9.59 Å². The van der Waals surface area contributed by atoms with Crippen LogP contribution in [0.1, 0.15) is 63.0 Å². The van der Waals surface area contributed by atoms with Gasteiger partial charge in [-0.05, 0) is 29.7 Å². The third kappa shape index (κ3) is 6.82. The molecule has 0 bridgehead atoms. The molecule has 2 N–H and O–H groups in total. The van der Waals surface area contributed by atoms with Crippen LogP contribution in [0.2, 0.25) is 0 Å². The van der Waals surface area contributed by atoms with E-state index in [2.05, 4.69) is 55.6 Å². The number of imidazole rings is 1. The van der Waals surface area contributed by atoms with Gasteiger partial charge in [0.2, 0.25) is 5.91 Å². The molecule has 180 valence electrons. The number of ketones is 1. The maximum absolute atomic E-state index is 12.8. The number of unbranched alkanes of at least 4 members (excludes halogenated alkanes) is 2. The van der Waals surface area contributed by atoms with Crippen molar-refractivity contribution in [2.24, 2.45) is 0 Å². The fraction of sp³-hybridized carbons (Fsp3) is 0.321. The summed E-state index contributed by atoms with van der Waals surface area (Å²) >= 11 is 0. The summed E-state index contributed by atoms with van der Waals surface area (Å²) < 4.78 is 0. The molecule has 7 heteroatoms. The molecule has 2 heterocycles. The van der Waals surface area contributed by atoms with E-state index in [1.165, 1.54) is 5.39 Å². The Morgan fingerprint density at radius 1 is 0.971 bits per heavy atom. The molecule has 0 saturated heterocycles. The van der Waals surface area contributed by atoms with E-state index in [1.54, 1.807) is 18.6 Å². The Labute approximate surface area is 205 Å². The number of carbonyl (C=O) groups is 2. The molecular weight excluding hydrogens is 438 g/mol. The van der Waals surface area contributed by atoms with Gasteiger partial charge in [-0.25, -0.2) is 4.98 Å². The number of fused-ring (bicyclic) bond motifs is 1. The van der Waals surface area contributed by atoms with Crippen LogP contribution in [0.4, 0.5) is 0 Å². The number of rotatable bonds is 12. The van der Waals surface area contributed by atoms with Crippen LogP contribution in [0, 0.1) is 0 Å². The number of aromatic amines is 1. The average Bonchev–Trinajstić information content (AvgIpc) is 3.38. The molecule has 4 rings (SSSR count). The number of aromatic nitrogens is 4. The van der Waals surface area contributed by atoms with Gasteiger partial charge in [0, 0.05) is 37.0 Å². The van der Waals surface area contributed by atoms with Gasteiger partial charge in [-0.1, -0.05) is 56.2 Å². The lowest BCUT2D eigenvalue weighted by atomic mass is 10.0. The molecule has 0 aliphatic carbocycles. The maximum Gasteiger partial charge on any atom is 0.226 e. The quantitative estimate of drug-likeness (QED) is 0.272. The Morgan fingerprint density at radius 2 is 1.83 bits per heavy atom. The van der Waals surface area contributed by atoms with E-state index in [1.807, 2.05) is 25.3 Å². The molecule has 0 radical (unpaired) electrons. The third-order valence-corrected chi connectivity index (χ3v) is 6.12. The topological polar surface area (TPSA) is 101 Å². The largest absolute Gasteiger partial charge is 0.346 e. The number of nitrogens with one attached hydrogen (secondary N) is 2. The minimum Gasteiger partial charge on any atom is -0.346 e. The highest BCUT2D eigenvalue weighted by molar-refractivity contribution is 5.86. The summed E-state index contributed by atoms with van der Waals surface area (Å²) in [5.41, 5.74) is 2.58. The molecule has 1 amide bonds. The molecule has 0 fully saturated rings. The van der Waals surface area contributed by atoms with E-state index in [0.717, 1.165) is 48.2 Å². The van der Waals surface area contributed by atoms with Gasteiger partial charge >= 0.3 is 0 Å². The summed E-state index contributed by atoms with van der Waals surface area (Å²) in [6.07, 6.45) is 11.4. The van der Waals surface area contributed by atoms with Crippen LogP contribution in [-0.2, 0) is 16.0 Å². The van der Waals surface area contributed by atoms with Crippen molar-refractivity contribution in [3.63, 3.8) is 0 Å². The molecule has 7 nitrogen and oxygen atoms in total. The van der Waals surface area contributed by atoms with Crippen molar-refractivity contribution in [1.29, 1.82) is 0 Å². The first-order valence-corrected chi connectivity index (χ1v) is 12.2. The maximum atomic E-state index is 12.8. The van der Waals surface area contributed by atoms with Crippen molar-refractivity contribution in [1.82, 2.24) is 25.3 Å². The summed E-state index contributed by atoms with van der Waals surface area (Å²) in [7, 11) is 0. The van der Waals surface area contributed by atoms with E-state index in [0.29, 0.717) is 24.3 Å². The summed E-state index contributed by atoms with van der Waals surface area (Å²) in [5.74, 6) is 0.899. The van der Waals surface area contributed by atoms with Gasteiger partial charge in [-0.15, -0.1) is 0 Å². The second-order valence-corrected chi connectivity index (χ2v) is 8.73. The number of carbonyl (C=O) groups excluding carboxylic acids is 2. The van der Waals surface area contributed by atoms with Gasteiger partial charge in [-0.3, -0.25) is 19.6 Å². The second-order valence-electron chi connectivity index (χ2n) is 8.73. The van der Waals surface area contributed by atoms with Gasteiger partial charge in [0.25, 0.3) is 0 Å². The van der Waals surface area contributed by atoms with E-state index in [-0.39, 0.29) is 18.4 Å². The third-order valence-electron chi connectivity index (χ3n) is 6.12. The van der Waals surface area contributed by atoms with E-state index in [4.69, 9.17) is 0 Å². The van der Waals surface area contributed by atoms with E-state index < -0.39 is 0 Å². The highest BCUT2D eigenvalue weighted by Gasteiger charge is 2.19. The zero-order valence-electron chi connectivity index (χ0n) is 20.0. The molecular formula is C28H31N5O2. The SMILES string of the molecule is CCC(=O)CCCCC[C@H](NC(=O)Cc1cnccn1)c1ncc(-c2ccc3ccccc3c2)[nH]1. The Morgan fingerprint density at radius 3 is 2.63 bits per heavy atom. The molecule has 2 aromatic carbocycles. The van der Waals surface area contributed by atoms with Gasteiger partial charge in [0.15, 0.2) is 0 Å². The predicted octanol–water partition coefficient (Wildman–Crippen LogP) is 5.35. The number of H-pyrrole nitrogens is 1. The molecule has 0 aliphatic heterocycles. The first kappa shape index (κ1) is 24.3. The Hall–Kier alpha value is -3.87. The van der Waals surface area contributed by atoms with Crippen LogP contribution in [0.25, 0.3) is 22.0 Å². The summed E-state index contributed by atoms with van der Waals surface area (Å²) in [6, 6.07) is 14.3.